The lowest BCUT2D eigenvalue weighted by molar-refractivity contribution is -0.148. The Kier molecular flexibility index (Phi) is 5.93. The number of carbonyl (C=O) groups is 2. The molecular formula is C16H18N2O5S2. The Morgan fingerprint density at radius 3 is 2.36 bits per heavy atom. The number of hydrogen-bond acceptors (Lipinski definition) is 5. The van der Waals surface area contributed by atoms with Crippen LogP contribution >= 0.6 is 11.3 Å². The second kappa shape index (κ2) is 7.77. The van der Waals surface area contributed by atoms with Gasteiger partial charge in [-0.05, 0) is 23.4 Å². The molecule has 0 fully saturated rings. The first-order valence-electron chi connectivity index (χ1n) is 7.45. The number of carboxylic acids is 1. The highest BCUT2D eigenvalue weighted by atomic mass is 32.2. The van der Waals surface area contributed by atoms with Crippen molar-refractivity contribution in [3.63, 3.8) is 0 Å². The van der Waals surface area contributed by atoms with Crippen LogP contribution in [0, 0.1) is 0 Å². The van der Waals surface area contributed by atoms with E-state index in [4.69, 9.17) is 0 Å². The maximum atomic E-state index is 12.2. The van der Waals surface area contributed by atoms with Crippen LogP contribution in [0.25, 0.3) is 0 Å². The zero-order valence-electron chi connectivity index (χ0n) is 13.4. The van der Waals surface area contributed by atoms with Crippen LogP contribution in [-0.4, -0.2) is 31.9 Å². The molecule has 1 atom stereocenters. The van der Waals surface area contributed by atoms with Crippen molar-refractivity contribution in [1.82, 2.24) is 10.0 Å². The monoisotopic (exact) mass is 382 g/mol. The van der Waals surface area contributed by atoms with Crippen molar-refractivity contribution < 1.29 is 23.1 Å². The van der Waals surface area contributed by atoms with Crippen molar-refractivity contribution in [1.29, 1.82) is 0 Å². The summed E-state index contributed by atoms with van der Waals surface area (Å²) in [6.45, 7) is 1.08. The second-order valence-corrected chi connectivity index (χ2v) is 8.18. The number of sulfonamides is 1. The molecule has 1 heterocycles. The zero-order valence-corrected chi connectivity index (χ0v) is 15.1. The van der Waals surface area contributed by atoms with Gasteiger partial charge in [0.15, 0.2) is 5.54 Å². The van der Waals surface area contributed by atoms with Crippen molar-refractivity contribution >= 4 is 33.2 Å². The molecule has 2 rings (SSSR count). The van der Waals surface area contributed by atoms with Crippen LogP contribution in [0.3, 0.4) is 0 Å². The average molecular weight is 382 g/mol. The molecule has 9 heteroatoms. The van der Waals surface area contributed by atoms with E-state index in [0.29, 0.717) is 5.56 Å². The van der Waals surface area contributed by atoms with Gasteiger partial charge in [0.05, 0.1) is 6.54 Å². The van der Waals surface area contributed by atoms with Gasteiger partial charge < -0.3 is 10.4 Å². The summed E-state index contributed by atoms with van der Waals surface area (Å²) in [6, 6.07) is 11.3. The summed E-state index contributed by atoms with van der Waals surface area (Å²) < 4.78 is 26.3. The summed E-state index contributed by atoms with van der Waals surface area (Å²) in [4.78, 5) is 24.0. The third kappa shape index (κ3) is 4.25. The van der Waals surface area contributed by atoms with E-state index < -0.39 is 34.0 Å². The highest BCUT2D eigenvalue weighted by Gasteiger charge is 2.40. The summed E-state index contributed by atoms with van der Waals surface area (Å²) in [5, 5.41) is 13.7. The standard InChI is InChI=1S/C16H18N2O5S2/c1-2-16(15(20)21,12-7-4-3-5-8-12)18-13(19)11-17-25(22,23)14-9-6-10-24-14/h3-10,17H,2,11H2,1H3,(H,18,19)(H,20,21). The summed E-state index contributed by atoms with van der Waals surface area (Å²) in [5.41, 5.74) is -1.20. The van der Waals surface area contributed by atoms with Crippen LogP contribution in [0.2, 0.25) is 0 Å². The van der Waals surface area contributed by atoms with Crippen molar-refractivity contribution in [2.24, 2.45) is 0 Å². The van der Waals surface area contributed by atoms with E-state index in [1.807, 2.05) is 0 Å². The number of carbonyl (C=O) groups excluding carboxylic acids is 1. The summed E-state index contributed by atoms with van der Waals surface area (Å²) in [6.07, 6.45) is 0.107. The molecule has 0 spiro atoms. The first kappa shape index (κ1) is 19.1. The largest absolute Gasteiger partial charge is 0.479 e. The zero-order chi connectivity index (χ0) is 18.5. The van der Waals surface area contributed by atoms with Crippen LogP contribution < -0.4 is 10.0 Å². The SMILES string of the molecule is CCC(NC(=O)CNS(=O)(=O)c1cccs1)(C(=O)O)c1ccccc1. The Morgan fingerprint density at radius 2 is 1.84 bits per heavy atom. The van der Waals surface area contributed by atoms with Crippen LogP contribution in [0.5, 0.6) is 0 Å². The molecule has 134 valence electrons. The Balaban J connectivity index is 2.14. The molecule has 1 aromatic heterocycles. The molecule has 1 amide bonds. The fraction of sp³-hybridized carbons (Fsp3) is 0.250. The third-order valence-electron chi connectivity index (χ3n) is 3.70. The molecule has 25 heavy (non-hydrogen) atoms. The normalized spacial score (nSPS) is 13.8. The van der Waals surface area contributed by atoms with E-state index in [-0.39, 0.29) is 10.6 Å². The number of nitrogens with one attached hydrogen (secondary N) is 2. The van der Waals surface area contributed by atoms with Gasteiger partial charge in [0, 0.05) is 0 Å². The van der Waals surface area contributed by atoms with Gasteiger partial charge in [0.2, 0.25) is 5.91 Å². The van der Waals surface area contributed by atoms with Crippen molar-refractivity contribution in [3.8, 4) is 0 Å². The quantitative estimate of drug-likeness (QED) is 0.641. The molecule has 0 aliphatic carbocycles. The van der Waals surface area contributed by atoms with Crippen LogP contribution in [0.15, 0.2) is 52.1 Å². The predicted octanol–water partition coefficient (Wildman–Crippen LogP) is 1.53. The maximum absolute atomic E-state index is 12.2. The molecular weight excluding hydrogens is 364 g/mol. The van der Waals surface area contributed by atoms with E-state index in [1.54, 1.807) is 48.7 Å². The first-order valence-corrected chi connectivity index (χ1v) is 9.81. The lowest BCUT2D eigenvalue weighted by Crippen LogP contribution is -2.53. The van der Waals surface area contributed by atoms with E-state index in [1.165, 1.54) is 6.07 Å². The van der Waals surface area contributed by atoms with Gasteiger partial charge in [-0.1, -0.05) is 43.3 Å². The Hall–Kier alpha value is -2.23. The number of thiophene rings is 1. The smallest absolute Gasteiger partial charge is 0.334 e. The van der Waals surface area contributed by atoms with Crippen molar-refractivity contribution in [2.75, 3.05) is 6.54 Å². The van der Waals surface area contributed by atoms with E-state index in [2.05, 4.69) is 10.0 Å². The predicted molar refractivity (Wildman–Crippen MR) is 93.7 cm³/mol. The molecule has 1 aromatic carbocycles. The van der Waals surface area contributed by atoms with E-state index in [0.717, 1.165) is 11.3 Å². The Labute approximate surface area is 149 Å². The van der Waals surface area contributed by atoms with E-state index >= 15 is 0 Å². The summed E-state index contributed by atoms with van der Waals surface area (Å²) in [7, 11) is -3.80. The molecule has 0 saturated carbocycles. The maximum Gasteiger partial charge on any atom is 0.334 e. The van der Waals surface area contributed by atoms with Gasteiger partial charge in [-0.25, -0.2) is 17.9 Å². The van der Waals surface area contributed by atoms with Gasteiger partial charge in [0.1, 0.15) is 4.21 Å². The Bertz CT molecular complexity index is 835. The van der Waals surface area contributed by atoms with Gasteiger partial charge >= 0.3 is 5.97 Å². The number of amides is 1. The molecule has 0 aliphatic heterocycles. The number of benzene rings is 1. The molecule has 2 aromatic rings. The molecule has 0 aliphatic rings. The number of aliphatic carboxylic acids is 1. The van der Waals surface area contributed by atoms with Gasteiger partial charge in [-0.3, -0.25) is 4.79 Å². The van der Waals surface area contributed by atoms with Gasteiger partial charge in [0.25, 0.3) is 10.0 Å². The number of rotatable bonds is 8. The van der Waals surface area contributed by atoms with E-state index in [9.17, 15) is 23.1 Å². The first-order chi connectivity index (χ1) is 11.8. The fourth-order valence-corrected chi connectivity index (χ4v) is 4.37. The third-order valence-corrected chi connectivity index (χ3v) is 6.50. The Morgan fingerprint density at radius 1 is 1.16 bits per heavy atom. The lowest BCUT2D eigenvalue weighted by Gasteiger charge is -2.30. The molecule has 0 saturated heterocycles. The van der Waals surface area contributed by atoms with Gasteiger partial charge in [-0.2, -0.15) is 0 Å². The highest BCUT2D eigenvalue weighted by Crippen LogP contribution is 2.25. The molecule has 3 N–H and O–H groups in total. The van der Waals surface area contributed by atoms with Crippen LogP contribution in [0.4, 0.5) is 0 Å². The summed E-state index contributed by atoms with van der Waals surface area (Å²) in [5.74, 6) is -1.94. The minimum Gasteiger partial charge on any atom is -0.479 e. The van der Waals surface area contributed by atoms with Crippen LogP contribution in [0.1, 0.15) is 18.9 Å². The second-order valence-electron chi connectivity index (χ2n) is 5.23. The molecule has 1 unspecified atom stereocenters. The lowest BCUT2D eigenvalue weighted by atomic mass is 9.87. The minimum absolute atomic E-state index is 0.0864. The topological polar surface area (TPSA) is 113 Å². The molecule has 0 radical (unpaired) electrons. The minimum atomic E-state index is -3.80. The van der Waals surface area contributed by atoms with Crippen molar-refractivity contribution in [3.05, 3.63) is 53.4 Å². The van der Waals surface area contributed by atoms with Crippen LogP contribution in [-0.2, 0) is 25.2 Å². The number of carboxylic acid groups (broad SMARTS) is 1. The average Bonchev–Trinajstić information content (AvgIpc) is 3.14. The summed E-state index contributed by atoms with van der Waals surface area (Å²) >= 11 is 1.02. The van der Waals surface area contributed by atoms with Gasteiger partial charge in [-0.15, -0.1) is 11.3 Å². The van der Waals surface area contributed by atoms with Crippen molar-refractivity contribution in [2.45, 2.75) is 23.1 Å². The molecule has 7 nitrogen and oxygen atoms in total. The molecule has 0 bridgehead atoms. The number of hydrogen-bond donors (Lipinski definition) is 3. The fourth-order valence-electron chi connectivity index (χ4n) is 2.35. The highest BCUT2D eigenvalue weighted by molar-refractivity contribution is 7.91.